The van der Waals surface area contributed by atoms with Gasteiger partial charge in [0, 0.05) is 35.3 Å². The first-order valence-electron chi connectivity index (χ1n) is 14.0. The van der Waals surface area contributed by atoms with Gasteiger partial charge in [-0.15, -0.1) is 11.8 Å². The quantitative estimate of drug-likeness (QED) is 0.218. The van der Waals surface area contributed by atoms with Gasteiger partial charge < -0.3 is 15.8 Å². The lowest BCUT2D eigenvalue weighted by atomic mass is 10.1. The zero-order valence-corrected chi connectivity index (χ0v) is 26.4. The minimum atomic E-state index is -0.607. The summed E-state index contributed by atoms with van der Waals surface area (Å²) >= 11 is 4.90. The lowest BCUT2D eigenvalue weighted by molar-refractivity contribution is -0.124. The molecule has 222 valence electrons. The molecule has 9 heteroatoms. The number of carbonyl (C=O) groups excluding carboxylic acids is 3. The van der Waals surface area contributed by atoms with Crippen LogP contribution in [0.5, 0.6) is 5.75 Å². The Kier molecular flexibility index (Phi) is 10.1. The number of amides is 3. The number of methoxy groups -OCH3 is 1. The summed E-state index contributed by atoms with van der Waals surface area (Å²) in [5, 5.41) is 1.94. The van der Waals surface area contributed by atoms with E-state index in [2.05, 4.69) is 33.1 Å². The molecule has 2 atom stereocenters. The predicted octanol–water partition coefficient (Wildman–Crippen LogP) is 5.85. The minimum absolute atomic E-state index is 0.0267. The maximum atomic E-state index is 13.8. The molecule has 0 unspecified atom stereocenters. The third kappa shape index (κ3) is 7.51. The Morgan fingerprint density at radius 3 is 2.36 bits per heavy atom. The third-order valence-corrected chi connectivity index (χ3v) is 9.15. The Balaban J connectivity index is 1.31. The van der Waals surface area contributed by atoms with Crippen LogP contribution in [0.1, 0.15) is 44.4 Å². The number of rotatable bonds is 9. The number of nitrogens with one attached hydrogen (secondary N) is 1. The fourth-order valence-electron chi connectivity index (χ4n) is 4.83. The van der Waals surface area contributed by atoms with Gasteiger partial charge in [-0.3, -0.25) is 19.3 Å². The molecule has 0 saturated carbocycles. The molecule has 1 aliphatic rings. The maximum absolute atomic E-state index is 13.8. The first-order valence-corrected chi connectivity index (χ1v) is 15.7. The Labute approximate surface area is 269 Å². The Hall–Kier alpha value is -4.52. The second-order valence-corrected chi connectivity index (χ2v) is 12.3. The van der Waals surface area contributed by atoms with Crippen molar-refractivity contribution in [2.75, 3.05) is 18.6 Å². The van der Waals surface area contributed by atoms with Crippen LogP contribution in [0.2, 0.25) is 0 Å². The average molecular weight is 669 g/mol. The van der Waals surface area contributed by atoms with Crippen molar-refractivity contribution in [1.29, 1.82) is 0 Å². The molecule has 0 spiro atoms. The van der Waals surface area contributed by atoms with Crippen LogP contribution in [-0.2, 0) is 16.0 Å². The molecule has 3 amide bonds. The topological polar surface area (TPSA) is 102 Å². The van der Waals surface area contributed by atoms with E-state index in [1.54, 1.807) is 36.3 Å². The van der Waals surface area contributed by atoms with E-state index in [-0.39, 0.29) is 18.2 Å². The Morgan fingerprint density at radius 1 is 0.955 bits per heavy atom. The van der Waals surface area contributed by atoms with E-state index >= 15 is 0 Å². The van der Waals surface area contributed by atoms with Gasteiger partial charge in [-0.25, -0.2) is 0 Å². The van der Waals surface area contributed by atoms with Gasteiger partial charge in [0.2, 0.25) is 17.7 Å². The molecule has 5 rings (SSSR count). The molecule has 44 heavy (non-hydrogen) atoms. The summed E-state index contributed by atoms with van der Waals surface area (Å²) in [6.07, 6.45) is 0.660. The number of ether oxygens (including phenoxy) is 1. The van der Waals surface area contributed by atoms with Crippen LogP contribution >= 0.6 is 27.7 Å². The van der Waals surface area contributed by atoms with E-state index in [0.717, 1.165) is 32.5 Å². The van der Waals surface area contributed by atoms with E-state index in [1.807, 2.05) is 72.8 Å². The predicted molar refractivity (Wildman–Crippen MR) is 177 cm³/mol. The number of primary amides is 1. The number of carbonyl (C=O) groups is 3. The highest BCUT2D eigenvalue weighted by atomic mass is 79.9. The normalized spacial score (nSPS) is 15.8. The Bertz CT molecular complexity index is 1730. The SMILES string of the molecule is COc1ccc(CCNC(=O)C[C@H]2S[C@@H](c3ccc(C#Cc4ccccc4)cc3)N(c3cccc(C(N)=O)c3)C2=O)cc1Br. The van der Waals surface area contributed by atoms with Crippen LogP contribution in [0.15, 0.2) is 102 Å². The molecule has 4 aromatic carbocycles. The third-order valence-electron chi connectivity index (χ3n) is 7.09. The molecule has 0 radical (unpaired) electrons. The van der Waals surface area contributed by atoms with Gasteiger partial charge in [0.15, 0.2) is 0 Å². The molecule has 7 nitrogen and oxygen atoms in total. The summed E-state index contributed by atoms with van der Waals surface area (Å²) in [6, 6.07) is 30.0. The van der Waals surface area contributed by atoms with Crippen molar-refractivity contribution >= 4 is 51.1 Å². The lowest BCUT2D eigenvalue weighted by Crippen LogP contribution is -2.34. The van der Waals surface area contributed by atoms with Crippen molar-refractivity contribution in [2.45, 2.75) is 23.5 Å². The average Bonchev–Trinajstić information content (AvgIpc) is 3.36. The summed E-state index contributed by atoms with van der Waals surface area (Å²) in [5.41, 5.74) is 10.1. The molecule has 3 N–H and O–H groups in total. The number of anilines is 1. The van der Waals surface area contributed by atoms with E-state index in [9.17, 15) is 14.4 Å². The molecule has 1 fully saturated rings. The van der Waals surface area contributed by atoms with Crippen molar-refractivity contribution < 1.29 is 19.1 Å². The van der Waals surface area contributed by atoms with Crippen LogP contribution in [0, 0.1) is 11.8 Å². The van der Waals surface area contributed by atoms with E-state index in [0.29, 0.717) is 24.2 Å². The summed E-state index contributed by atoms with van der Waals surface area (Å²) in [7, 11) is 1.61. The van der Waals surface area contributed by atoms with Crippen molar-refractivity contribution in [3.8, 4) is 17.6 Å². The van der Waals surface area contributed by atoms with E-state index < -0.39 is 16.5 Å². The highest BCUT2D eigenvalue weighted by Crippen LogP contribution is 2.46. The summed E-state index contributed by atoms with van der Waals surface area (Å²) in [5.74, 6) is 6.08. The van der Waals surface area contributed by atoms with Crippen LogP contribution in [-0.4, -0.2) is 36.6 Å². The molecular formula is C35H30BrN3O4S. The standard InChI is InChI=1S/C35H30BrN3O4S/c1-43-30-17-14-25(20-29(30)36)18-19-38-32(40)22-31-34(42)39(28-9-5-8-27(21-28)33(37)41)35(44-31)26-15-12-24(13-16-26)11-10-23-6-3-2-4-7-23/h2-9,12-17,20-21,31,35H,18-19,22H2,1H3,(H2,37,41)(H,38,40)/t31-,35+/m1/s1. The molecular weight excluding hydrogens is 638 g/mol. The number of nitrogens with zero attached hydrogens (tertiary/aromatic N) is 1. The van der Waals surface area contributed by atoms with Crippen LogP contribution in [0.4, 0.5) is 5.69 Å². The van der Waals surface area contributed by atoms with Gasteiger partial charge in [-0.2, -0.15) is 0 Å². The first kappa shape index (κ1) is 30.9. The molecule has 1 heterocycles. The highest BCUT2D eigenvalue weighted by Gasteiger charge is 2.42. The number of benzene rings is 4. The number of hydrogen-bond acceptors (Lipinski definition) is 5. The van der Waals surface area contributed by atoms with Gasteiger partial charge in [-0.1, -0.05) is 54.3 Å². The maximum Gasteiger partial charge on any atom is 0.248 e. The van der Waals surface area contributed by atoms with E-state index in [1.165, 1.54) is 11.8 Å². The smallest absolute Gasteiger partial charge is 0.248 e. The number of halogens is 1. The Morgan fingerprint density at radius 2 is 1.68 bits per heavy atom. The summed E-state index contributed by atoms with van der Waals surface area (Å²) < 4.78 is 6.12. The zero-order chi connectivity index (χ0) is 31.1. The number of nitrogens with two attached hydrogens (primary N) is 1. The van der Waals surface area contributed by atoms with E-state index in [4.69, 9.17) is 10.5 Å². The second kappa shape index (κ2) is 14.3. The zero-order valence-electron chi connectivity index (χ0n) is 24.0. The van der Waals surface area contributed by atoms with Crippen molar-refractivity contribution in [3.63, 3.8) is 0 Å². The van der Waals surface area contributed by atoms with Crippen molar-refractivity contribution in [2.24, 2.45) is 5.73 Å². The van der Waals surface area contributed by atoms with Crippen molar-refractivity contribution in [1.82, 2.24) is 5.32 Å². The molecule has 1 saturated heterocycles. The van der Waals surface area contributed by atoms with Gasteiger partial charge in [0.1, 0.15) is 11.1 Å². The lowest BCUT2D eigenvalue weighted by Gasteiger charge is -2.24. The summed E-state index contributed by atoms with van der Waals surface area (Å²) in [4.78, 5) is 40.3. The molecule has 0 aliphatic carbocycles. The van der Waals surface area contributed by atoms with Crippen LogP contribution in [0.25, 0.3) is 0 Å². The largest absolute Gasteiger partial charge is 0.496 e. The molecule has 4 aromatic rings. The van der Waals surface area contributed by atoms with Gasteiger partial charge in [0.05, 0.1) is 16.8 Å². The first-order chi connectivity index (χ1) is 21.3. The molecule has 1 aliphatic heterocycles. The molecule has 0 bridgehead atoms. The fraction of sp³-hybridized carbons (Fsp3) is 0.171. The number of thioether (sulfide) groups is 1. The molecule has 0 aromatic heterocycles. The number of hydrogen-bond donors (Lipinski definition) is 2. The monoisotopic (exact) mass is 667 g/mol. The minimum Gasteiger partial charge on any atom is -0.496 e. The fourth-order valence-corrected chi connectivity index (χ4v) is 6.87. The second-order valence-electron chi connectivity index (χ2n) is 10.1. The van der Waals surface area contributed by atoms with Gasteiger partial charge in [0.25, 0.3) is 0 Å². The van der Waals surface area contributed by atoms with Gasteiger partial charge in [-0.05, 0) is 88.1 Å². The van der Waals surface area contributed by atoms with Crippen molar-refractivity contribution in [3.05, 3.63) is 129 Å². The van der Waals surface area contributed by atoms with Crippen LogP contribution in [0.3, 0.4) is 0 Å². The van der Waals surface area contributed by atoms with Crippen LogP contribution < -0.4 is 20.7 Å². The summed E-state index contributed by atoms with van der Waals surface area (Å²) in [6.45, 7) is 0.433. The van der Waals surface area contributed by atoms with Gasteiger partial charge >= 0.3 is 0 Å². The highest BCUT2D eigenvalue weighted by molar-refractivity contribution is 9.10.